The van der Waals surface area contributed by atoms with E-state index >= 15 is 0 Å². The van der Waals surface area contributed by atoms with E-state index in [9.17, 15) is 32.1 Å². The Morgan fingerprint density at radius 2 is 1.41 bits per heavy atom. The SMILES string of the molecule is CC(=O)OC[C@H]1O[C@@H](S/C(CCCCO[Si](C)(C)C(C)(C)C)=N/OS(=O)(=O)[O-])[C@H](OC(C)=O)[C@@H](OC(C)=O)[C@@H]1OC(C)=O.[K+]. The molecule has 5 atom stereocenters. The molecule has 0 aromatic carbocycles. The quantitative estimate of drug-likeness (QED) is 0.0263. The van der Waals surface area contributed by atoms with Gasteiger partial charge in [0.25, 0.3) is 10.4 Å². The molecule has 0 radical (unpaired) electrons. The second kappa shape index (κ2) is 19.3. The van der Waals surface area contributed by atoms with Crippen LogP contribution in [0.25, 0.3) is 0 Å². The average Bonchev–Trinajstić information content (AvgIpc) is 2.82. The summed E-state index contributed by atoms with van der Waals surface area (Å²) in [7, 11) is -7.23. The summed E-state index contributed by atoms with van der Waals surface area (Å²) in [6, 6.07) is 0. The molecular formula is C25H42KNO14S2Si. The number of unbranched alkanes of at least 4 members (excludes halogenated alkanes) is 1. The van der Waals surface area contributed by atoms with Gasteiger partial charge in [-0.15, -0.1) is 0 Å². The predicted molar refractivity (Wildman–Crippen MR) is 155 cm³/mol. The molecule has 0 saturated carbocycles. The monoisotopic (exact) mass is 711 g/mol. The van der Waals surface area contributed by atoms with E-state index in [1.807, 2.05) is 0 Å². The molecule has 0 aromatic rings. The first-order valence-electron chi connectivity index (χ1n) is 13.5. The van der Waals surface area contributed by atoms with Crippen molar-refractivity contribution >= 4 is 59.4 Å². The normalized spacial score (nSPS) is 22.7. The Morgan fingerprint density at radius 3 is 1.89 bits per heavy atom. The fourth-order valence-electron chi connectivity index (χ4n) is 3.55. The van der Waals surface area contributed by atoms with E-state index in [-0.39, 0.29) is 67.9 Å². The molecule has 0 aliphatic carbocycles. The summed E-state index contributed by atoms with van der Waals surface area (Å²) in [6.45, 7) is 14.9. The number of oxime groups is 1. The molecule has 0 bridgehead atoms. The zero-order valence-corrected chi connectivity index (χ0v) is 32.7. The third-order valence-electron chi connectivity index (χ3n) is 6.48. The molecule has 0 unspecified atom stereocenters. The summed E-state index contributed by atoms with van der Waals surface area (Å²) in [5, 5.41) is 3.46. The summed E-state index contributed by atoms with van der Waals surface area (Å²) in [5.41, 5.74) is -1.28. The van der Waals surface area contributed by atoms with Crippen LogP contribution >= 0.6 is 11.8 Å². The minimum absolute atomic E-state index is 0. The Balaban J connectivity index is 0.0000185. The average molecular weight is 712 g/mol. The van der Waals surface area contributed by atoms with E-state index in [1.54, 1.807) is 0 Å². The van der Waals surface area contributed by atoms with Crippen molar-refractivity contribution in [2.45, 2.75) is 116 Å². The molecule has 0 spiro atoms. The van der Waals surface area contributed by atoms with Crippen molar-refractivity contribution in [1.82, 2.24) is 0 Å². The van der Waals surface area contributed by atoms with Crippen molar-refractivity contribution in [2.24, 2.45) is 5.16 Å². The minimum atomic E-state index is -5.22. The van der Waals surface area contributed by atoms with Gasteiger partial charge in [0, 0.05) is 34.3 Å². The van der Waals surface area contributed by atoms with Crippen LogP contribution in [-0.2, 0) is 62.0 Å². The molecule has 44 heavy (non-hydrogen) atoms. The van der Waals surface area contributed by atoms with Crippen LogP contribution in [0, 0.1) is 0 Å². The number of carbonyl (C=O) groups excluding carboxylic acids is 4. The van der Waals surface area contributed by atoms with Crippen LogP contribution in [0.2, 0.25) is 18.1 Å². The Hall–Kier alpha value is -0.617. The number of hydrogen-bond acceptors (Lipinski definition) is 16. The molecule has 0 N–H and O–H groups in total. The van der Waals surface area contributed by atoms with Gasteiger partial charge in [0.1, 0.15) is 23.2 Å². The van der Waals surface area contributed by atoms with E-state index in [1.165, 1.54) is 0 Å². The molecule has 19 heteroatoms. The Kier molecular flexibility index (Phi) is 19.0. The van der Waals surface area contributed by atoms with Crippen LogP contribution in [0.15, 0.2) is 5.16 Å². The summed E-state index contributed by atoms with van der Waals surface area (Å²) in [4.78, 5) is 47.5. The predicted octanol–water partition coefficient (Wildman–Crippen LogP) is -0.211. The maximum Gasteiger partial charge on any atom is 1.00 e. The van der Waals surface area contributed by atoms with E-state index in [0.29, 0.717) is 19.4 Å². The zero-order chi connectivity index (χ0) is 33.2. The van der Waals surface area contributed by atoms with Gasteiger partial charge in [-0.05, 0) is 37.4 Å². The zero-order valence-electron chi connectivity index (χ0n) is 26.9. The summed E-state index contributed by atoms with van der Waals surface area (Å²) in [5.74, 6) is -3.09. The Bertz CT molecular complexity index is 1130. The van der Waals surface area contributed by atoms with E-state index in [4.69, 9.17) is 28.1 Å². The molecule has 15 nitrogen and oxygen atoms in total. The smallest absolute Gasteiger partial charge is 0.714 e. The molecule has 0 amide bonds. The number of carbonyl (C=O) groups is 4. The molecule has 248 valence electrons. The van der Waals surface area contributed by atoms with Crippen molar-refractivity contribution in [1.29, 1.82) is 0 Å². The van der Waals surface area contributed by atoms with E-state index < -0.39 is 79.1 Å². The molecule has 1 rings (SSSR count). The second-order valence-corrected chi connectivity index (χ2v) is 18.2. The van der Waals surface area contributed by atoms with Crippen molar-refractivity contribution in [3.8, 4) is 0 Å². The molecule has 0 aromatic heterocycles. The molecule has 1 aliphatic rings. The first-order chi connectivity index (χ1) is 19.6. The number of nitrogens with zero attached hydrogens (tertiary/aromatic N) is 1. The Morgan fingerprint density at radius 1 is 0.886 bits per heavy atom. The summed E-state index contributed by atoms with van der Waals surface area (Å²) < 4.78 is 71.0. The van der Waals surface area contributed by atoms with Crippen molar-refractivity contribution in [2.75, 3.05) is 13.2 Å². The van der Waals surface area contributed by atoms with Gasteiger partial charge in [-0.2, -0.15) is 8.42 Å². The molecule has 1 aliphatic heterocycles. The van der Waals surface area contributed by atoms with Gasteiger partial charge < -0.3 is 32.7 Å². The van der Waals surface area contributed by atoms with Gasteiger partial charge in [0.15, 0.2) is 26.6 Å². The van der Waals surface area contributed by atoms with Crippen LogP contribution in [0.3, 0.4) is 0 Å². The number of esters is 4. The van der Waals surface area contributed by atoms with Gasteiger partial charge >= 0.3 is 75.3 Å². The summed E-state index contributed by atoms with van der Waals surface area (Å²) in [6.07, 6.45) is -4.37. The summed E-state index contributed by atoms with van der Waals surface area (Å²) >= 11 is 0.732. The van der Waals surface area contributed by atoms with Crippen LogP contribution in [0.4, 0.5) is 0 Å². The number of thioether (sulfide) groups is 1. The van der Waals surface area contributed by atoms with Gasteiger partial charge in [-0.25, -0.2) is 0 Å². The van der Waals surface area contributed by atoms with Gasteiger partial charge in [0.05, 0.1) is 0 Å². The first-order valence-corrected chi connectivity index (χ1v) is 18.6. The van der Waals surface area contributed by atoms with Gasteiger partial charge in [-0.3, -0.25) is 23.5 Å². The van der Waals surface area contributed by atoms with Crippen molar-refractivity contribution in [3.63, 3.8) is 0 Å². The van der Waals surface area contributed by atoms with Crippen LogP contribution in [-0.4, -0.2) is 93.3 Å². The number of hydrogen-bond donors (Lipinski definition) is 0. The third-order valence-corrected chi connectivity index (χ3v) is 12.4. The van der Waals surface area contributed by atoms with E-state index in [2.05, 4.69) is 43.3 Å². The second-order valence-electron chi connectivity index (χ2n) is 11.2. The maximum atomic E-state index is 12.1. The maximum absolute atomic E-state index is 12.1. The number of rotatable bonds is 14. The molecule has 1 heterocycles. The van der Waals surface area contributed by atoms with Gasteiger partial charge in [-0.1, -0.05) is 37.7 Å². The van der Waals surface area contributed by atoms with Crippen molar-refractivity contribution in [3.05, 3.63) is 0 Å². The molecule has 1 saturated heterocycles. The Labute approximate surface area is 306 Å². The van der Waals surface area contributed by atoms with Crippen molar-refractivity contribution < 1.29 is 116 Å². The molecular weight excluding hydrogens is 670 g/mol. The van der Waals surface area contributed by atoms with Crippen LogP contribution < -0.4 is 51.4 Å². The fraction of sp³-hybridized carbons (Fsp3) is 0.800. The fourth-order valence-corrected chi connectivity index (χ4v) is 6.02. The number of ether oxygens (including phenoxy) is 5. The van der Waals surface area contributed by atoms with Gasteiger partial charge in [0.2, 0.25) is 0 Å². The van der Waals surface area contributed by atoms with Crippen LogP contribution in [0.1, 0.15) is 67.7 Å². The minimum Gasteiger partial charge on any atom is -0.714 e. The molecule has 1 fully saturated rings. The third kappa shape index (κ3) is 16.3. The standard InChI is InChI=1S/C25H43NO14S2Si.K/c1-15(27)34-14-19-21(36-16(2)28)22(37-17(3)29)23(38-18(4)30)24(39-19)41-20(26-40-42(31,32)33)12-10-11-13-35-43(8,9)25(5,6)7;/h19,21-24H,10-14H2,1-9H3,(H,31,32,33);/q;+1/p-1/b26-20+;/t19-,21-,22+,23-,24+;/m1./s1. The van der Waals surface area contributed by atoms with Crippen LogP contribution in [0.5, 0.6) is 0 Å². The topological polar surface area (TPSA) is 202 Å². The van der Waals surface area contributed by atoms with E-state index in [0.717, 1.165) is 39.5 Å². The first kappa shape index (κ1) is 43.4. The largest absolute Gasteiger partial charge is 1.00 e.